The molecule has 1 aromatic heterocycles. The van der Waals surface area contributed by atoms with Gasteiger partial charge in [0.25, 0.3) is 0 Å². The smallest absolute Gasteiger partial charge is 0.329 e. The van der Waals surface area contributed by atoms with Gasteiger partial charge in [-0.2, -0.15) is 0 Å². The first-order valence-corrected chi connectivity index (χ1v) is 7.29. The molecule has 0 amide bonds. The Morgan fingerprint density at radius 2 is 1.76 bits per heavy atom. The molecule has 0 spiro atoms. The molecule has 0 aliphatic rings. The number of aliphatic hydroxyl groups is 2. The van der Waals surface area contributed by atoms with Gasteiger partial charge in [0, 0.05) is 25.3 Å². The number of benzene rings is 1. The number of aryl methyl sites for hydroxylation is 3. The lowest BCUT2D eigenvalue weighted by Gasteiger charge is -2.13. The number of imidazole rings is 1. The average molecular weight is 293 g/mol. The van der Waals surface area contributed by atoms with Crippen molar-refractivity contribution in [2.75, 3.05) is 18.5 Å². The number of hydrogen-bond acceptors (Lipinski definition) is 4. The average Bonchev–Trinajstić information content (AvgIpc) is 2.74. The Bertz CT molecular complexity index is 688. The van der Waals surface area contributed by atoms with Crippen molar-refractivity contribution >= 4 is 16.7 Å². The number of aromatic nitrogens is 2. The SMILES string of the molecule is CCn1c(=O)n(CC)c2cc(NCC(O)CO)c(C)cc21. The fourth-order valence-corrected chi connectivity index (χ4v) is 2.56. The Balaban J connectivity index is 2.51. The van der Waals surface area contributed by atoms with Crippen molar-refractivity contribution in [2.45, 2.75) is 40.0 Å². The topological polar surface area (TPSA) is 79.4 Å². The Morgan fingerprint density at radius 3 is 2.29 bits per heavy atom. The maximum absolute atomic E-state index is 12.3. The fourth-order valence-electron chi connectivity index (χ4n) is 2.56. The van der Waals surface area contributed by atoms with Gasteiger partial charge in [-0.3, -0.25) is 9.13 Å². The van der Waals surface area contributed by atoms with E-state index in [-0.39, 0.29) is 18.8 Å². The van der Waals surface area contributed by atoms with Crippen LogP contribution in [0.25, 0.3) is 11.0 Å². The van der Waals surface area contributed by atoms with Gasteiger partial charge in [0.05, 0.1) is 23.7 Å². The van der Waals surface area contributed by atoms with Gasteiger partial charge in [-0.15, -0.1) is 0 Å². The van der Waals surface area contributed by atoms with Gasteiger partial charge in [0.15, 0.2) is 0 Å². The van der Waals surface area contributed by atoms with Gasteiger partial charge in [0.2, 0.25) is 0 Å². The summed E-state index contributed by atoms with van der Waals surface area (Å²) in [4.78, 5) is 12.3. The molecule has 1 atom stereocenters. The third kappa shape index (κ3) is 2.82. The van der Waals surface area contributed by atoms with Crippen LogP contribution in [0.1, 0.15) is 19.4 Å². The molecule has 0 saturated carbocycles. The zero-order valence-electron chi connectivity index (χ0n) is 12.8. The second-order valence-electron chi connectivity index (χ2n) is 5.14. The van der Waals surface area contributed by atoms with E-state index in [9.17, 15) is 9.90 Å². The van der Waals surface area contributed by atoms with E-state index in [4.69, 9.17) is 5.11 Å². The van der Waals surface area contributed by atoms with Crippen molar-refractivity contribution < 1.29 is 10.2 Å². The molecule has 0 fully saturated rings. The minimum absolute atomic E-state index is 0.00180. The number of aliphatic hydroxyl groups excluding tert-OH is 2. The highest BCUT2D eigenvalue weighted by Gasteiger charge is 2.13. The van der Waals surface area contributed by atoms with Crippen LogP contribution in [0.2, 0.25) is 0 Å². The van der Waals surface area contributed by atoms with Crippen LogP contribution in [0.4, 0.5) is 5.69 Å². The summed E-state index contributed by atoms with van der Waals surface area (Å²) in [5.41, 5.74) is 3.68. The van der Waals surface area contributed by atoms with Gasteiger partial charge in [-0.1, -0.05) is 0 Å². The minimum Gasteiger partial charge on any atom is -0.394 e. The van der Waals surface area contributed by atoms with Crippen LogP contribution in [0.15, 0.2) is 16.9 Å². The van der Waals surface area contributed by atoms with Crippen LogP contribution in [0.3, 0.4) is 0 Å². The molecule has 1 heterocycles. The highest BCUT2D eigenvalue weighted by molar-refractivity contribution is 5.82. The molecule has 6 nitrogen and oxygen atoms in total. The highest BCUT2D eigenvalue weighted by Crippen LogP contribution is 2.23. The van der Waals surface area contributed by atoms with Crippen LogP contribution in [-0.2, 0) is 13.1 Å². The van der Waals surface area contributed by atoms with Crippen molar-refractivity contribution in [3.63, 3.8) is 0 Å². The van der Waals surface area contributed by atoms with Crippen molar-refractivity contribution in [1.82, 2.24) is 9.13 Å². The lowest BCUT2D eigenvalue weighted by atomic mass is 10.1. The second-order valence-corrected chi connectivity index (χ2v) is 5.14. The number of nitrogens with zero attached hydrogens (tertiary/aromatic N) is 2. The molecule has 3 N–H and O–H groups in total. The summed E-state index contributed by atoms with van der Waals surface area (Å²) in [5.74, 6) is 0. The number of hydrogen-bond donors (Lipinski definition) is 3. The third-order valence-electron chi connectivity index (χ3n) is 3.74. The third-order valence-corrected chi connectivity index (χ3v) is 3.74. The standard InChI is InChI=1S/C15H23N3O3/c1-4-17-13-6-10(3)12(16-8-11(20)9-19)7-14(13)18(5-2)15(17)21/h6-7,11,16,19-20H,4-5,8-9H2,1-3H3. The summed E-state index contributed by atoms with van der Waals surface area (Å²) in [6, 6.07) is 3.92. The van der Waals surface area contributed by atoms with Crippen molar-refractivity contribution in [3.05, 3.63) is 28.2 Å². The van der Waals surface area contributed by atoms with E-state index in [1.54, 1.807) is 9.13 Å². The molecule has 0 aliphatic heterocycles. The van der Waals surface area contributed by atoms with Crippen LogP contribution >= 0.6 is 0 Å². The molecule has 1 aromatic carbocycles. The van der Waals surface area contributed by atoms with Crippen molar-refractivity contribution in [1.29, 1.82) is 0 Å². The van der Waals surface area contributed by atoms with Crippen molar-refractivity contribution in [2.24, 2.45) is 0 Å². The molecule has 21 heavy (non-hydrogen) atoms. The number of nitrogens with one attached hydrogen (secondary N) is 1. The Labute approximate surface area is 123 Å². The number of fused-ring (bicyclic) bond motifs is 1. The molecule has 116 valence electrons. The Morgan fingerprint density at radius 1 is 1.19 bits per heavy atom. The quantitative estimate of drug-likeness (QED) is 0.740. The molecule has 6 heteroatoms. The fraction of sp³-hybridized carbons (Fsp3) is 0.533. The monoisotopic (exact) mass is 293 g/mol. The minimum atomic E-state index is -0.797. The molecule has 2 aromatic rings. The maximum Gasteiger partial charge on any atom is 0.329 e. The second kappa shape index (κ2) is 6.32. The Hall–Kier alpha value is -1.79. The molecule has 1 unspecified atom stereocenters. The van der Waals surface area contributed by atoms with E-state index in [0.29, 0.717) is 13.1 Å². The largest absolute Gasteiger partial charge is 0.394 e. The van der Waals surface area contributed by atoms with Gasteiger partial charge in [0.1, 0.15) is 0 Å². The van der Waals surface area contributed by atoms with Gasteiger partial charge >= 0.3 is 5.69 Å². The predicted octanol–water partition coefficient (Wildman–Crippen LogP) is 0.916. The van der Waals surface area contributed by atoms with Gasteiger partial charge in [-0.25, -0.2) is 4.79 Å². The summed E-state index contributed by atoms with van der Waals surface area (Å²) in [6.45, 7) is 7.11. The summed E-state index contributed by atoms with van der Waals surface area (Å²) >= 11 is 0. The molecule has 0 radical (unpaired) electrons. The molecular formula is C15H23N3O3. The normalized spacial score (nSPS) is 12.8. The van der Waals surface area contributed by atoms with Gasteiger partial charge in [-0.05, 0) is 38.5 Å². The summed E-state index contributed by atoms with van der Waals surface area (Å²) in [6.07, 6.45) is -0.797. The van der Waals surface area contributed by atoms with Crippen LogP contribution < -0.4 is 11.0 Å². The van der Waals surface area contributed by atoms with E-state index in [2.05, 4.69) is 5.32 Å². The highest BCUT2D eigenvalue weighted by atomic mass is 16.3. The van der Waals surface area contributed by atoms with Crippen LogP contribution in [-0.4, -0.2) is 38.6 Å². The zero-order valence-corrected chi connectivity index (χ0v) is 12.8. The summed E-state index contributed by atoms with van der Waals surface area (Å²) in [5, 5.41) is 21.4. The van der Waals surface area contributed by atoms with Crippen LogP contribution in [0, 0.1) is 6.92 Å². The van der Waals surface area contributed by atoms with Crippen LogP contribution in [0.5, 0.6) is 0 Å². The maximum atomic E-state index is 12.3. The van der Waals surface area contributed by atoms with Crippen molar-refractivity contribution in [3.8, 4) is 0 Å². The summed E-state index contributed by atoms with van der Waals surface area (Å²) in [7, 11) is 0. The van der Waals surface area contributed by atoms with E-state index in [1.165, 1.54) is 0 Å². The molecular weight excluding hydrogens is 270 g/mol. The predicted molar refractivity (Wildman–Crippen MR) is 83.9 cm³/mol. The molecule has 0 saturated heterocycles. The summed E-state index contributed by atoms with van der Waals surface area (Å²) < 4.78 is 3.50. The zero-order chi connectivity index (χ0) is 15.6. The van der Waals surface area contributed by atoms with Gasteiger partial charge < -0.3 is 15.5 Å². The first-order chi connectivity index (χ1) is 10.0. The van der Waals surface area contributed by atoms with E-state index < -0.39 is 6.10 Å². The van der Waals surface area contributed by atoms with E-state index in [0.717, 1.165) is 22.3 Å². The first-order valence-electron chi connectivity index (χ1n) is 7.29. The number of rotatable bonds is 6. The molecule has 2 rings (SSSR count). The molecule has 0 bridgehead atoms. The number of anilines is 1. The molecule has 0 aliphatic carbocycles. The first kappa shape index (κ1) is 15.6. The lowest BCUT2D eigenvalue weighted by molar-refractivity contribution is 0.105. The Kier molecular flexibility index (Phi) is 4.69. The van der Waals surface area contributed by atoms with E-state index in [1.807, 2.05) is 32.9 Å². The lowest BCUT2D eigenvalue weighted by Crippen LogP contribution is -2.23. The van der Waals surface area contributed by atoms with E-state index >= 15 is 0 Å².